The van der Waals surface area contributed by atoms with Crippen LogP contribution in [0.4, 0.5) is 11.7 Å². The van der Waals surface area contributed by atoms with Crippen LogP contribution in [-0.2, 0) is 11.2 Å². The van der Waals surface area contributed by atoms with Crippen LogP contribution in [0.3, 0.4) is 0 Å². The van der Waals surface area contributed by atoms with Gasteiger partial charge in [0, 0.05) is 16.7 Å². The minimum Gasteiger partial charge on any atom is -0.383 e. The van der Waals surface area contributed by atoms with Gasteiger partial charge in [-0.2, -0.15) is 0 Å². The first kappa shape index (κ1) is 20.2. The fourth-order valence-electron chi connectivity index (χ4n) is 2.60. The minimum atomic E-state index is -0.448. The predicted molar refractivity (Wildman–Crippen MR) is 111 cm³/mol. The van der Waals surface area contributed by atoms with Crippen LogP contribution < -0.4 is 11.1 Å². The molecule has 7 nitrogen and oxygen atoms in total. The molecule has 0 aliphatic heterocycles. The highest BCUT2D eigenvalue weighted by molar-refractivity contribution is 8.00. The molecule has 0 saturated heterocycles. The number of hydrogen-bond donors (Lipinski definition) is 2. The molecule has 1 aromatic carbocycles. The summed E-state index contributed by atoms with van der Waals surface area (Å²) in [4.78, 5) is 21.4. The second-order valence-corrected chi connectivity index (χ2v) is 7.90. The molecule has 0 aliphatic rings. The summed E-state index contributed by atoms with van der Waals surface area (Å²) in [5, 5.41) is 7.07. The number of carbonyl (C=O) groups excluding carboxylic acids is 1. The van der Waals surface area contributed by atoms with Gasteiger partial charge in [0.1, 0.15) is 5.82 Å². The van der Waals surface area contributed by atoms with Crippen molar-refractivity contribution in [2.75, 3.05) is 11.1 Å². The third-order valence-electron chi connectivity index (χ3n) is 3.98. The van der Waals surface area contributed by atoms with E-state index in [9.17, 15) is 4.79 Å². The summed E-state index contributed by atoms with van der Waals surface area (Å²) in [6, 6.07) is 9.03. The summed E-state index contributed by atoms with van der Waals surface area (Å²) in [5.74, 6) is 0.445. The second-order valence-electron chi connectivity index (χ2n) is 6.16. The molecule has 146 valence electrons. The molecule has 0 spiro atoms. The Morgan fingerprint density at radius 2 is 2.04 bits per heavy atom. The zero-order valence-electron chi connectivity index (χ0n) is 15.7. The van der Waals surface area contributed by atoms with Gasteiger partial charge in [0.15, 0.2) is 5.16 Å². The number of amides is 1. The molecule has 0 radical (unpaired) electrons. The van der Waals surface area contributed by atoms with Crippen molar-refractivity contribution in [1.82, 2.24) is 15.1 Å². The van der Waals surface area contributed by atoms with E-state index in [1.165, 1.54) is 11.8 Å². The van der Waals surface area contributed by atoms with Gasteiger partial charge in [-0.15, -0.1) is 0 Å². The van der Waals surface area contributed by atoms with Crippen molar-refractivity contribution in [3.8, 4) is 11.1 Å². The molecule has 3 N–H and O–H groups in total. The molecule has 1 atom stereocenters. The number of nitrogens with one attached hydrogen (secondary N) is 1. The highest BCUT2D eigenvalue weighted by atomic mass is 35.5. The number of nitrogens with two attached hydrogens (primary N) is 1. The van der Waals surface area contributed by atoms with Gasteiger partial charge in [-0.25, -0.2) is 9.97 Å². The molecule has 9 heteroatoms. The molecule has 1 amide bonds. The van der Waals surface area contributed by atoms with Gasteiger partial charge in [-0.3, -0.25) is 10.1 Å². The Morgan fingerprint density at radius 3 is 2.64 bits per heavy atom. The molecular formula is C19H20ClN5O2S. The Kier molecular flexibility index (Phi) is 6.21. The molecule has 0 saturated carbocycles. The molecule has 3 rings (SSSR count). The summed E-state index contributed by atoms with van der Waals surface area (Å²) in [5.41, 5.74) is 9.43. The Bertz CT molecular complexity index is 990. The monoisotopic (exact) mass is 417 g/mol. The number of anilines is 2. The van der Waals surface area contributed by atoms with E-state index in [0.717, 1.165) is 16.8 Å². The maximum absolute atomic E-state index is 12.4. The number of halogens is 1. The van der Waals surface area contributed by atoms with Gasteiger partial charge >= 0.3 is 0 Å². The van der Waals surface area contributed by atoms with Crippen LogP contribution in [0, 0.1) is 6.92 Å². The molecule has 0 bridgehead atoms. The molecule has 28 heavy (non-hydrogen) atoms. The molecule has 2 heterocycles. The fourth-order valence-corrected chi connectivity index (χ4v) is 3.52. The van der Waals surface area contributed by atoms with E-state index in [2.05, 4.69) is 20.4 Å². The van der Waals surface area contributed by atoms with Crippen LogP contribution in [0.15, 0.2) is 40.0 Å². The van der Waals surface area contributed by atoms with Gasteiger partial charge in [-0.1, -0.05) is 47.6 Å². The van der Waals surface area contributed by atoms with E-state index in [4.69, 9.17) is 21.9 Å². The Hall–Kier alpha value is -2.58. The Morgan fingerprint density at radius 1 is 1.32 bits per heavy atom. The molecular weight excluding hydrogens is 398 g/mol. The highest BCUT2D eigenvalue weighted by Crippen LogP contribution is 2.32. The average Bonchev–Trinajstić information content (AvgIpc) is 3.07. The zero-order valence-corrected chi connectivity index (χ0v) is 17.3. The van der Waals surface area contributed by atoms with Crippen molar-refractivity contribution in [3.63, 3.8) is 0 Å². The van der Waals surface area contributed by atoms with Crippen LogP contribution >= 0.6 is 23.4 Å². The quantitative estimate of drug-likeness (QED) is 0.453. The summed E-state index contributed by atoms with van der Waals surface area (Å²) < 4.78 is 5.01. The number of hydrogen-bond acceptors (Lipinski definition) is 7. The molecule has 1 unspecified atom stereocenters. The first-order valence-corrected chi connectivity index (χ1v) is 9.96. The summed E-state index contributed by atoms with van der Waals surface area (Å²) in [6.45, 7) is 5.54. The number of carbonyl (C=O) groups is 1. The van der Waals surface area contributed by atoms with E-state index >= 15 is 0 Å². The van der Waals surface area contributed by atoms with E-state index in [1.54, 1.807) is 32.0 Å². The SMILES string of the molecule is CCc1nc(SC(C)C(=O)Nc2cc(C)no2)nc(N)c1-c1ccc(Cl)cc1. The maximum atomic E-state index is 12.4. The van der Waals surface area contributed by atoms with E-state index in [-0.39, 0.29) is 5.91 Å². The average molecular weight is 418 g/mol. The first-order chi connectivity index (χ1) is 13.4. The van der Waals surface area contributed by atoms with Crippen molar-refractivity contribution >= 4 is 41.0 Å². The number of thioether (sulfide) groups is 1. The van der Waals surface area contributed by atoms with Crippen LogP contribution in [0.2, 0.25) is 5.02 Å². The lowest BCUT2D eigenvalue weighted by atomic mass is 10.0. The smallest absolute Gasteiger partial charge is 0.240 e. The summed E-state index contributed by atoms with van der Waals surface area (Å²) >= 11 is 7.20. The topological polar surface area (TPSA) is 107 Å². The fraction of sp³-hybridized carbons (Fsp3) is 0.263. The van der Waals surface area contributed by atoms with Gasteiger partial charge < -0.3 is 10.3 Å². The van der Waals surface area contributed by atoms with Gasteiger partial charge in [0.05, 0.1) is 16.6 Å². The van der Waals surface area contributed by atoms with Crippen LogP contribution in [0.1, 0.15) is 25.2 Å². The van der Waals surface area contributed by atoms with Crippen molar-refractivity contribution < 1.29 is 9.32 Å². The number of nitrogens with zero attached hydrogens (tertiary/aromatic N) is 3. The zero-order chi connectivity index (χ0) is 20.3. The Labute approximate surface area is 172 Å². The standard InChI is InChI=1S/C19H20ClN5O2S/c1-4-14-16(12-5-7-13(20)8-6-12)17(21)24-19(22-14)28-11(3)18(26)23-15-9-10(2)25-27-15/h5-9,11H,4H2,1-3H3,(H,23,26)(H2,21,22,24). The van der Waals surface area contributed by atoms with E-state index < -0.39 is 5.25 Å². The lowest BCUT2D eigenvalue weighted by molar-refractivity contribution is -0.115. The first-order valence-electron chi connectivity index (χ1n) is 8.70. The molecule has 0 aliphatic carbocycles. The van der Waals surface area contributed by atoms with Crippen LogP contribution in [0.25, 0.3) is 11.1 Å². The van der Waals surface area contributed by atoms with Gasteiger partial charge in [0.25, 0.3) is 0 Å². The predicted octanol–water partition coefficient (Wildman–Crippen LogP) is 4.36. The molecule has 2 aromatic heterocycles. The summed E-state index contributed by atoms with van der Waals surface area (Å²) in [6.07, 6.45) is 0.677. The number of nitrogen functional groups attached to an aromatic ring is 1. The van der Waals surface area contributed by atoms with Gasteiger partial charge in [-0.05, 0) is 38.0 Å². The third kappa shape index (κ3) is 4.63. The second kappa shape index (κ2) is 8.62. The van der Waals surface area contributed by atoms with Gasteiger partial charge in [0.2, 0.25) is 11.8 Å². The van der Waals surface area contributed by atoms with Crippen molar-refractivity contribution in [1.29, 1.82) is 0 Å². The largest absolute Gasteiger partial charge is 0.383 e. The van der Waals surface area contributed by atoms with Crippen molar-refractivity contribution in [3.05, 3.63) is 46.7 Å². The molecule has 0 fully saturated rings. The van der Waals surface area contributed by atoms with E-state index in [0.29, 0.717) is 34.0 Å². The third-order valence-corrected chi connectivity index (χ3v) is 5.20. The number of rotatable bonds is 6. The normalized spacial score (nSPS) is 12.0. The van der Waals surface area contributed by atoms with Crippen molar-refractivity contribution in [2.45, 2.75) is 37.6 Å². The minimum absolute atomic E-state index is 0.233. The van der Waals surface area contributed by atoms with Crippen LogP contribution in [0.5, 0.6) is 0 Å². The van der Waals surface area contributed by atoms with Crippen molar-refractivity contribution in [2.24, 2.45) is 0 Å². The number of aryl methyl sites for hydroxylation is 2. The highest BCUT2D eigenvalue weighted by Gasteiger charge is 2.20. The van der Waals surface area contributed by atoms with Crippen LogP contribution in [-0.4, -0.2) is 26.3 Å². The lowest BCUT2D eigenvalue weighted by Crippen LogP contribution is -2.22. The summed E-state index contributed by atoms with van der Waals surface area (Å²) in [7, 11) is 0. The van der Waals surface area contributed by atoms with E-state index in [1.807, 2.05) is 19.1 Å². The number of aromatic nitrogens is 3. The maximum Gasteiger partial charge on any atom is 0.240 e. The Balaban J connectivity index is 1.79. The molecule has 3 aromatic rings. The lowest BCUT2D eigenvalue weighted by Gasteiger charge is -2.14. The number of benzene rings is 1.